The van der Waals surface area contributed by atoms with Gasteiger partial charge in [0.25, 0.3) is 0 Å². The van der Waals surface area contributed by atoms with Crippen molar-refractivity contribution in [3.63, 3.8) is 0 Å². The number of aromatic nitrogens is 1. The highest BCUT2D eigenvalue weighted by Crippen LogP contribution is 2.33. The van der Waals surface area contributed by atoms with Crippen molar-refractivity contribution >= 4 is 11.3 Å². The first-order chi connectivity index (χ1) is 8.63. The molecule has 2 rings (SSSR count). The second kappa shape index (κ2) is 5.63. The van der Waals surface area contributed by atoms with Gasteiger partial charge in [-0.1, -0.05) is 37.3 Å². The third-order valence-corrected chi connectivity index (χ3v) is 4.60. The molecule has 0 aliphatic heterocycles. The van der Waals surface area contributed by atoms with Crippen LogP contribution in [0.1, 0.15) is 40.0 Å². The van der Waals surface area contributed by atoms with E-state index >= 15 is 0 Å². The van der Waals surface area contributed by atoms with E-state index in [1.54, 1.807) is 11.3 Å². The predicted octanol–water partition coefficient (Wildman–Crippen LogP) is 3.82. The largest absolute Gasteiger partial charge is 0.311 e. The molecule has 0 aliphatic rings. The van der Waals surface area contributed by atoms with Crippen LogP contribution in [0.2, 0.25) is 0 Å². The molecule has 2 aromatic rings. The van der Waals surface area contributed by atoms with Gasteiger partial charge in [0.1, 0.15) is 5.01 Å². The van der Waals surface area contributed by atoms with Crippen LogP contribution in [0.25, 0.3) is 0 Å². The maximum Gasteiger partial charge on any atom is 0.111 e. The fourth-order valence-corrected chi connectivity index (χ4v) is 3.31. The van der Waals surface area contributed by atoms with Crippen molar-refractivity contribution in [2.75, 3.05) is 7.05 Å². The van der Waals surface area contributed by atoms with E-state index in [-0.39, 0.29) is 6.04 Å². The predicted molar refractivity (Wildman–Crippen MR) is 78.2 cm³/mol. The van der Waals surface area contributed by atoms with E-state index in [9.17, 15) is 0 Å². The summed E-state index contributed by atoms with van der Waals surface area (Å²) in [5.41, 5.74) is 2.50. The molecule has 0 aliphatic carbocycles. The van der Waals surface area contributed by atoms with Gasteiger partial charge < -0.3 is 5.32 Å². The van der Waals surface area contributed by atoms with Crippen LogP contribution < -0.4 is 5.32 Å². The standard InChI is InChI=1S/C15H20N2S/c1-10(13-8-6-5-7-9-13)14(16-4)15-17-11(2)12(3)18-15/h5-10,14,16H,1-4H3. The number of benzene rings is 1. The number of aryl methyl sites for hydroxylation is 2. The average molecular weight is 260 g/mol. The summed E-state index contributed by atoms with van der Waals surface area (Å²) in [7, 11) is 2.01. The molecular weight excluding hydrogens is 240 g/mol. The number of hydrogen-bond donors (Lipinski definition) is 1. The first kappa shape index (κ1) is 13.2. The monoisotopic (exact) mass is 260 g/mol. The Morgan fingerprint density at radius 2 is 1.83 bits per heavy atom. The summed E-state index contributed by atoms with van der Waals surface area (Å²) >= 11 is 1.80. The highest BCUT2D eigenvalue weighted by Gasteiger charge is 2.22. The van der Waals surface area contributed by atoms with Crippen LogP contribution in [0.3, 0.4) is 0 Å². The molecule has 0 fully saturated rings. The molecule has 1 aromatic carbocycles. The highest BCUT2D eigenvalue weighted by molar-refractivity contribution is 7.11. The Balaban J connectivity index is 2.29. The molecule has 0 radical (unpaired) electrons. The summed E-state index contributed by atoms with van der Waals surface area (Å²) in [5, 5.41) is 4.59. The Kier molecular flexibility index (Phi) is 4.15. The normalized spacial score (nSPS) is 14.4. The Labute approximate surface area is 113 Å². The SMILES string of the molecule is CNC(c1nc(C)c(C)s1)C(C)c1ccccc1. The van der Waals surface area contributed by atoms with Gasteiger partial charge in [0.2, 0.25) is 0 Å². The summed E-state index contributed by atoms with van der Waals surface area (Å²) in [4.78, 5) is 5.99. The summed E-state index contributed by atoms with van der Waals surface area (Å²) in [6, 6.07) is 10.9. The van der Waals surface area contributed by atoms with Crippen molar-refractivity contribution in [1.82, 2.24) is 10.3 Å². The first-order valence-electron chi connectivity index (χ1n) is 6.29. The number of rotatable bonds is 4. The van der Waals surface area contributed by atoms with Crippen LogP contribution in [0.15, 0.2) is 30.3 Å². The quantitative estimate of drug-likeness (QED) is 0.904. The number of nitrogens with zero attached hydrogens (tertiary/aromatic N) is 1. The van der Waals surface area contributed by atoms with E-state index in [0.29, 0.717) is 5.92 Å². The number of likely N-dealkylation sites (N-methyl/N-ethyl adjacent to an activating group) is 1. The first-order valence-corrected chi connectivity index (χ1v) is 7.11. The second-order valence-electron chi connectivity index (χ2n) is 4.66. The summed E-state index contributed by atoms with van der Waals surface area (Å²) in [6.45, 7) is 6.47. The zero-order chi connectivity index (χ0) is 13.1. The van der Waals surface area contributed by atoms with Crippen LogP contribution >= 0.6 is 11.3 Å². The van der Waals surface area contributed by atoms with E-state index in [2.05, 4.69) is 61.4 Å². The molecule has 0 spiro atoms. The molecule has 0 amide bonds. The summed E-state index contributed by atoms with van der Waals surface area (Å²) < 4.78 is 0. The van der Waals surface area contributed by atoms with Crippen LogP contribution in [0.4, 0.5) is 0 Å². The van der Waals surface area contributed by atoms with Gasteiger partial charge in [0, 0.05) is 10.8 Å². The second-order valence-corrected chi connectivity index (χ2v) is 5.89. The molecular formula is C15H20N2S. The third kappa shape index (κ3) is 2.62. The Morgan fingerprint density at radius 3 is 2.33 bits per heavy atom. The fourth-order valence-electron chi connectivity index (χ4n) is 2.17. The lowest BCUT2D eigenvalue weighted by atomic mass is 9.94. The summed E-state index contributed by atoms with van der Waals surface area (Å²) in [6.07, 6.45) is 0. The average Bonchev–Trinajstić information content (AvgIpc) is 2.71. The van der Waals surface area contributed by atoms with E-state index in [0.717, 1.165) is 5.69 Å². The molecule has 1 N–H and O–H groups in total. The van der Waals surface area contributed by atoms with Gasteiger partial charge in [-0.15, -0.1) is 11.3 Å². The maximum atomic E-state index is 4.68. The van der Waals surface area contributed by atoms with Gasteiger partial charge in [0.05, 0.1) is 11.7 Å². The molecule has 1 aromatic heterocycles. The lowest BCUT2D eigenvalue weighted by molar-refractivity contribution is 0.505. The number of hydrogen-bond acceptors (Lipinski definition) is 3. The molecule has 2 nitrogen and oxygen atoms in total. The zero-order valence-corrected chi connectivity index (χ0v) is 12.2. The van der Waals surface area contributed by atoms with E-state index in [1.165, 1.54) is 15.4 Å². The summed E-state index contributed by atoms with van der Waals surface area (Å²) in [5.74, 6) is 0.418. The van der Waals surface area contributed by atoms with Gasteiger partial charge in [-0.2, -0.15) is 0 Å². The van der Waals surface area contributed by atoms with Gasteiger partial charge in [-0.25, -0.2) is 4.98 Å². The minimum atomic E-state index is 0.282. The van der Waals surface area contributed by atoms with E-state index in [1.807, 2.05) is 7.05 Å². The fraction of sp³-hybridized carbons (Fsp3) is 0.400. The van der Waals surface area contributed by atoms with Crippen LogP contribution in [-0.4, -0.2) is 12.0 Å². The highest BCUT2D eigenvalue weighted by atomic mass is 32.1. The van der Waals surface area contributed by atoms with Crippen LogP contribution in [0.5, 0.6) is 0 Å². The van der Waals surface area contributed by atoms with Crippen molar-refractivity contribution in [3.05, 3.63) is 51.5 Å². The number of thiazole rings is 1. The minimum absolute atomic E-state index is 0.282. The maximum absolute atomic E-state index is 4.68. The Bertz CT molecular complexity index is 485. The molecule has 3 heteroatoms. The molecule has 2 unspecified atom stereocenters. The molecule has 2 atom stereocenters. The van der Waals surface area contributed by atoms with Crippen molar-refractivity contribution in [3.8, 4) is 0 Å². The molecule has 1 heterocycles. The lowest BCUT2D eigenvalue weighted by Gasteiger charge is -2.22. The molecule has 0 bridgehead atoms. The van der Waals surface area contributed by atoms with Crippen LogP contribution in [-0.2, 0) is 0 Å². The molecule has 0 saturated heterocycles. The molecule has 0 saturated carbocycles. The van der Waals surface area contributed by atoms with Crippen molar-refractivity contribution in [2.24, 2.45) is 0 Å². The zero-order valence-electron chi connectivity index (χ0n) is 11.4. The van der Waals surface area contributed by atoms with E-state index in [4.69, 9.17) is 0 Å². The van der Waals surface area contributed by atoms with Gasteiger partial charge in [-0.05, 0) is 26.5 Å². The Hall–Kier alpha value is -1.19. The van der Waals surface area contributed by atoms with E-state index < -0.39 is 0 Å². The minimum Gasteiger partial charge on any atom is -0.311 e. The van der Waals surface area contributed by atoms with Crippen molar-refractivity contribution < 1.29 is 0 Å². The van der Waals surface area contributed by atoms with Crippen molar-refractivity contribution in [2.45, 2.75) is 32.7 Å². The molecule has 18 heavy (non-hydrogen) atoms. The smallest absolute Gasteiger partial charge is 0.111 e. The van der Waals surface area contributed by atoms with Gasteiger partial charge in [0.15, 0.2) is 0 Å². The lowest BCUT2D eigenvalue weighted by Crippen LogP contribution is -2.22. The Morgan fingerprint density at radius 1 is 1.17 bits per heavy atom. The van der Waals surface area contributed by atoms with Gasteiger partial charge >= 0.3 is 0 Å². The van der Waals surface area contributed by atoms with Crippen molar-refractivity contribution in [1.29, 1.82) is 0 Å². The van der Waals surface area contributed by atoms with Gasteiger partial charge in [-0.3, -0.25) is 0 Å². The molecule has 96 valence electrons. The van der Waals surface area contributed by atoms with Crippen LogP contribution in [0, 0.1) is 13.8 Å². The number of nitrogens with one attached hydrogen (secondary N) is 1. The topological polar surface area (TPSA) is 24.9 Å². The third-order valence-electron chi connectivity index (χ3n) is 3.45.